The van der Waals surface area contributed by atoms with Crippen molar-refractivity contribution in [1.29, 1.82) is 0 Å². The van der Waals surface area contributed by atoms with Crippen molar-refractivity contribution in [3.05, 3.63) is 22.6 Å². The van der Waals surface area contributed by atoms with Crippen molar-refractivity contribution in [1.82, 2.24) is 4.98 Å². The molecule has 1 aromatic rings. The van der Waals surface area contributed by atoms with Gasteiger partial charge in [-0.15, -0.1) is 0 Å². The molecule has 0 bridgehead atoms. The van der Waals surface area contributed by atoms with E-state index in [0.29, 0.717) is 10.3 Å². The molecule has 84 valence electrons. The number of nitrogens with one attached hydrogen (secondary N) is 1. The highest BCUT2D eigenvalue weighted by molar-refractivity contribution is 9.10. The van der Waals surface area contributed by atoms with E-state index >= 15 is 0 Å². The van der Waals surface area contributed by atoms with E-state index in [1.165, 1.54) is 25.3 Å². The lowest BCUT2D eigenvalue weighted by molar-refractivity contribution is 0.620. The van der Waals surface area contributed by atoms with Gasteiger partial charge in [-0.3, -0.25) is 0 Å². The van der Waals surface area contributed by atoms with Gasteiger partial charge in [-0.05, 0) is 28.4 Å². The average molecular weight is 275 g/mol. The normalized spacial score (nSPS) is 10.3. The van der Waals surface area contributed by atoms with Crippen molar-refractivity contribution in [3.63, 3.8) is 0 Å². The predicted molar refractivity (Wildman–Crippen MR) is 64.5 cm³/mol. The summed E-state index contributed by atoms with van der Waals surface area (Å²) < 4.78 is 13.9. The number of anilines is 1. The average Bonchev–Trinajstić information content (AvgIpc) is 2.20. The Morgan fingerprint density at radius 1 is 1.40 bits per heavy atom. The summed E-state index contributed by atoms with van der Waals surface area (Å²) in [4.78, 5) is 3.96. The van der Waals surface area contributed by atoms with Gasteiger partial charge in [0.15, 0.2) is 11.6 Å². The van der Waals surface area contributed by atoms with E-state index in [1.54, 1.807) is 6.20 Å². The number of rotatable bonds is 6. The molecule has 2 nitrogen and oxygen atoms in total. The minimum absolute atomic E-state index is 0.306. The maximum atomic E-state index is 13.3. The molecule has 0 radical (unpaired) electrons. The third kappa shape index (κ3) is 4.60. The molecular formula is C11H16BrFN2. The second kappa shape index (κ2) is 6.77. The van der Waals surface area contributed by atoms with Crippen LogP contribution in [0.3, 0.4) is 0 Å². The Kier molecular flexibility index (Phi) is 5.61. The summed E-state index contributed by atoms with van der Waals surface area (Å²) in [5, 5.41) is 2.99. The number of halogens is 2. The molecule has 1 N–H and O–H groups in total. The van der Waals surface area contributed by atoms with Gasteiger partial charge in [0.25, 0.3) is 0 Å². The number of hydrogen-bond donors (Lipinski definition) is 1. The van der Waals surface area contributed by atoms with Crippen LogP contribution in [0, 0.1) is 5.82 Å². The lowest BCUT2D eigenvalue weighted by Crippen LogP contribution is -2.05. The molecule has 0 atom stereocenters. The van der Waals surface area contributed by atoms with E-state index in [1.807, 2.05) is 0 Å². The monoisotopic (exact) mass is 274 g/mol. The Labute approximate surface area is 98.4 Å². The van der Waals surface area contributed by atoms with E-state index in [4.69, 9.17) is 0 Å². The quantitative estimate of drug-likeness (QED) is 0.794. The molecule has 0 saturated heterocycles. The summed E-state index contributed by atoms with van der Waals surface area (Å²) in [6.45, 7) is 2.95. The van der Waals surface area contributed by atoms with Crippen LogP contribution in [0.5, 0.6) is 0 Å². The molecular weight excluding hydrogens is 259 g/mol. The van der Waals surface area contributed by atoms with E-state index in [2.05, 4.69) is 33.2 Å². The Bertz CT molecular complexity index is 305. The summed E-state index contributed by atoms with van der Waals surface area (Å²) >= 11 is 3.17. The van der Waals surface area contributed by atoms with Gasteiger partial charge >= 0.3 is 0 Å². The first-order valence-corrected chi connectivity index (χ1v) is 6.08. The standard InChI is InChI=1S/C11H16BrFN2/c1-2-3-4-5-6-14-11-10(13)7-9(12)8-15-11/h7-8H,2-6H2,1H3,(H,14,15). The van der Waals surface area contributed by atoms with Crippen LogP contribution in [-0.4, -0.2) is 11.5 Å². The third-order valence-electron chi connectivity index (χ3n) is 2.13. The van der Waals surface area contributed by atoms with Crippen LogP contribution in [0.2, 0.25) is 0 Å². The zero-order valence-electron chi connectivity index (χ0n) is 8.89. The number of hydrogen-bond acceptors (Lipinski definition) is 2. The van der Waals surface area contributed by atoms with Crippen LogP contribution >= 0.6 is 15.9 Å². The maximum absolute atomic E-state index is 13.3. The van der Waals surface area contributed by atoms with Crippen molar-refractivity contribution >= 4 is 21.7 Å². The smallest absolute Gasteiger partial charge is 0.166 e. The highest BCUT2D eigenvalue weighted by atomic mass is 79.9. The zero-order chi connectivity index (χ0) is 11.1. The highest BCUT2D eigenvalue weighted by Gasteiger charge is 2.02. The van der Waals surface area contributed by atoms with Crippen LogP contribution in [0.1, 0.15) is 32.6 Å². The number of aromatic nitrogens is 1. The fourth-order valence-electron chi connectivity index (χ4n) is 1.30. The van der Waals surface area contributed by atoms with Crippen LogP contribution in [-0.2, 0) is 0 Å². The molecule has 0 aliphatic rings. The molecule has 0 aromatic carbocycles. The summed E-state index contributed by atoms with van der Waals surface area (Å²) in [6.07, 6.45) is 6.28. The summed E-state index contributed by atoms with van der Waals surface area (Å²) in [5.41, 5.74) is 0. The van der Waals surface area contributed by atoms with Crippen LogP contribution in [0.4, 0.5) is 10.2 Å². The Balaban J connectivity index is 2.31. The van der Waals surface area contributed by atoms with E-state index in [9.17, 15) is 4.39 Å². The maximum Gasteiger partial charge on any atom is 0.166 e. The number of pyridine rings is 1. The largest absolute Gasteiger partial charge is 0.368 e. The van der Waals surface area contributed by atoms with Crippen molar-refractivity contribution in [3.8, 4) is 0 Å². The second-order valence-corrected chi connectivity index (χ2v) is 4.39. The molecule has 0 saturated carbocycles. The molecule has 0 unspecified atom stereocenters. The first-order chi connectivity index (χ1) is 7.24. The minimum atomic E-state index is -0.306. The predicted octanol–water partition coefficient (Wildman–Crippen LogP) is 3.98. The van der Waals surface area contributed by atoms with Gasteiger partial charge in [-0.1, -0.05) is 26.2 Å². The molecule has 0 aliphatic heterocycles. The zero-order valence-corrected chi connectivity index (χ0v) is 10.5. The van der Waals surface area contributed by atoms with Gasteiger partial charge in [0.1, 0.15) is 0 Å². The van der Waals surface area contributed by atoms with Gasteiger partial charge < -0.3 is 5.32 Å². The molecule has 4 heteroatoms. The first-order valence-electron chi connectivity index (χ1n) is 5.29. The molecule has 0 fully saturated rings. The topological polar surface area (TPSA) is 24.9 Å². The summed E-state index contributed by atoms with van der Waals surface area (Å²) in [6, 6.07) is 1.42. The fraction of sp³-hybridized carbons (Fsp3) is 0.545. The van der Waals surface area contributed by atoms with E-state index in [-0.39, 0.29) is 5.82 Å². The lowest BCUT2D eigenvalue weighted by Gasteiger charge is -2.06. The molecule has 0 spiro atoms. The van der Waals surface area contributed by atoms with Crippen LogP contribution in [0.25, 0.3) is 0 Å². The van der Waals surface area contributed by atoms with Crippen molar-refractivity contribution in [2.45, 2.75) is 32.6 Å². The van der Waals surface area contributed by atoms with Crippen molar-refractivity contribution < 1.29 is 4.39 Å². The third-order valence-corrected chi connectivity index (χ3v) is 2.56. The Morgan fingerprint density at radius 2 is 2.20 bits per heavy atom. The summed E-state index contributed by atoms with van der Waals surface area (Å²) in [5.74, 6) is 0.0366. The lowest BCUT2D eigenvalue weighted by atomic mass is 10.2. The minimum Gasteiger partial charge on any atom is -0.368 e. The SMILES string of the molecule is CCCCCCNc1ncc(Br)cc1F. The fourth-order valence-corrected chi connectivity index (χ4v) is 1.61. The summed E-state index contributed by atoms with van der Waals surface area (Å²) in [7, 11) is 0. The molecule has 1 heterocycles. The number of nitrogens with zero attached hydrogens (tertiary/aromatic N) is 1. The van der Waals surface area contributed by atoms with Crippen LogP contribution < -0.4 is 5.32 Å². The van der Waals surface area contributed by atoms with Gasteiger partial charge in [-0.2, -0.15) is 0 Å². The molecule has 0 amide bonds. The number of unbranched alkanes of at least 4 members (excludes halogenated alkanes) is 3. The van der Waals surface area contributed by atoms with Gasteiger partial charge in [0.05, 0.1) is 0 Å². The second-order valence-electron chi connectivity index (χ2n) is 3.47. The van der Waals surface area contributed by atoms with Crippen molar-refractivity contribution in [2.24, 2.45) is 0 Å². The molecule has 1 aromatic heterocycles. The molecule has 15 heavy (non-hydrogen) atoms. The highest BCUT2D eigenvalue weighted by Crippen LogP contribution is 2.16. The first kappa shape index (κ1) is 12.4. The van der Waals surface area contributed by atoms with Gasteiger partial charge in [0, 0.05) is 17.2 Å². The van der Waals surface area contributed by atoms with E-state index < -0.39 is 0 Å². The van der Waals surface area contributed by atoms with Crippen LogP contribution in [0.15, 0.2) is 16.7 Å². The molecule has 0 aliphatic carbocycles. The molecule has 1 rings (SSSR count). The van der Waals surface area contributed by atoms with Gasteiger partial charge in [-0.25, -0.2) is 9.37 Å². The van der Waals surface area contributed by atoms with E-state index in [0.717, 1.165) is 13.0 Å². The van der Waals surface area contributed by atoms with Gasteiger partial charge in [0.2, 0.25) is 0 Å². The van der Waals surface area contributed by atoms with Crippen molar-refractivity contribution in [2.75, 3.05) is 11.9 Å². The Morgan fingerprint density at radius 3 is 2.87 bits per heavy atom. The Hall–Kier alpha value is -0.640.